The molecule has 0 unspecified atom stereocenters. The lowest BCUT2D eigenvalue weighted by Crippen LogP contribution is -2.65. The van der Waals surface area contributed by atoms with Crippen molar-refractivity contribution in [2.45, 2.75) is 108 Å². The summed E-state index contributed by atoms with van der Waals surface area (Å²) in [4.78, 5) is 12.8. The molecule has 2 fully saturated rings. The molecule has 11 atom stereocenters. The highest BCUT2D eigenvalue weighted by Gasteiger charge is 2.53. The molecule has 0 aromatic heterocycles. The average molecular weight is 593 g/mol. The highest BCUT2D eigenvalue weighted by molar-refractivity contribution is 5.87. The van der Waals surface area contributed by atoms with Crippen molar-refractivity contribution in [1.82, 2.24) is 0 Å². The fourth-order valence-corrected chi connectivity index (χ4v) is 4.74. The molecule has 0 aliphatic carbocycles. The Labute approximate surface area is 246 Å². The Balaban J connectivity index is 1.88. The van der Waals surface area contributed by atoms with Gasteiger partial charge in [0.25, 0.3) is 0 Å². The number of carbonyl (C=O) groups excluding carboxylic acids is 1. The minimum atomic E-state index is -1.70. The van der Waals surface area contributed by atoms with Gasteiger partial charge in [0.2, 0.25) is 0 Å². The first-order chi connectivity index (χ1) is 19.9. The van der Waals surface area contributed by atoms with E-state index in [1.54, 1.807) is 37.3 Å². The van der Waals surface area contributed by atoms with Gasteiger partial charge in [-0.3, -0.25) is 0 Å². The topological polar surface area (TPSA) is 164 Å². The number of aliphatic hydroxyl groups is 5. The largest absolute Gasteiger partial charge is 0.453 e. The average Bonchev–Trinajstić information content (AvgIpc) is 2.97. The minimum Gasteiger partial charge on any atom is -0.453 e. The fraction of sp³-hybridized carbons (Fsp3) is 0.581. The van der Waals surface area contributed by atoms with E-state index in [9.17, 15) is 30.3 Å². The van der Waals surface area contributed by atoms with Crippen molar-refractivity contribution < 1.29 is 54.0 Å². The summed E-state index contributed by atoms with van der Waals surface area (Å²) in [7, 11) is 0. The molecule has 3 rings (SSSR count). The molecule has 2 heterocycles. The molecule has 5 N–H and O–H groups in total. The number of carbonyl (C=O) groups is 1. The number of ether oxygens (including phenoxy) is 5. The SMILES string of the molecule is C=C[C@](C)(CCC=C(C)C)O[C@@H]1O[C@H](CO)[C@@H](OC(=O)/C=C/c2ccccc2)[C@H](O[C@@H]2O[C@@H](C)[C@H](O)[C@@H](O)[C@H]2O)[C@H]1O. The Morgan fingerprint density at radius 2 is 1.69 bits per heavy atom. The van der Waals surface area contributed by atoms with Crippen LogP contribution in [0.15, 0.2) is 60.7 Å². The zero-order chi connectivity index (χ0) is 31.0. The van der Waals surface area contributed by atoms with Gasteiger partial charge in [0, 0.05) is 6.08 Å². The number of aliphatic hydroxyl groups excluding tert-OH is 5. The lowest BCUT2D eigenvalue weighted by Gasteiger charge is -2.47. The van der Waals surface area contributed by atoms with Crippen LogP contribution in [0.5, 0.6) is 0 Å². The maximum Gasteiger partial charge on any atom is 0.331 e. The maximum absolute atomic E-state index is 12.8. The van der Waals surface area contributed by atoms with Crippen LogP contribution in [0.3, 0.4) is 0 Å². The zero-order valence-corrected chi connectivity index (χ0v) is 24.5. The van der Waals surface area contributed by atoms with Crippen molar-refractivity contribution in [1.29, 1.82) is 0 Å². The molecular weight excluding hydrogens is 548 g/mol. The van der Waals surface area contributed by atoms with Crippen LogP contribution in [-0.4, -0.2) is 105 Å². The summed E-state index contributed by atoms with van der Waals surface area (Å²) in [6, 6.07) is 9.03. The fourth-order valence-electron chi connectivity index (χ4n) is 4.74. The first-order valence-electron chi connectivity index (χ1n) is 14.1. The maximum atomic E-state index is 12.8. The monoisotopic (exact) mass is 592 g/mol. The molecular formula is C31H44O11. The van der Waals surface area contributed by atoms with Crippen LogP contribution in [0.1, 0.15) is 46.1 Å². The van der Waals surface area contributed by atoms with Crippen LogP contribution in [0.4, 0.5) is 0 Å². The highest BCUT2D eigenvalue weighted by atomic mass is 16.7. The normalized spacial score (nSPS) is 34.9. The molecule has 2 saturated heterocycles. The van der Waals surface area contributed by atoms with Crippen LogP contribution in [0.25, 0.3) is 6.08 Å². The van der Waals surface area contributed by atoms with Crippen LogP contribution in [-0.2, 0) is 28.5 Å². The van der Waals surface area contributed by atoms with Gasteiger partial charge in [0.1, 0.15) is 36.6 Å². The molecule has 2 aliphatic heterocycles. The molecule has 234 valence electrons. The van der Waals surface area contributed by atoms with Crippen LogP contribution in [0.2, 0.25) is 0 Å². The predicted molar refractivity (Wildman–Crippen MR) is 153 cm³/mol. The first kappa shape index (κ1) is 34.0. The number of hydrogen-bond donors (Lipinski definition) is 5. The molecule has 0 radical (unpaired) electrons. The first-order valence-corrected chi connectivity index (χ1v) is 14.1. The van der Waals surface area contributed by atoms with Crippen molar-refractivity contribution in [3.05, 3.63) is 66.3 Å². The molecule has 1 aromatic carbocycles. The van der Waals surface area contributed by atoms with Crippen molar-refractivity contribution in [3.63, 3.8) is 0 Å². The smallest absolute Gasteiger partial charge is 0.331 e. The molecule has 42 heavy (non-hydrogen) atoms. The number of esters is 1. The van der Waals surface area contributed by atoms with Crippen molar-refractivity contribution in [2.75, 3.05) is 6.61 Å². The summed E-state index contributed by atoms with van der Waals surface area (Å²) in [5, 5.41) is 52.7. The molecule has 11 heteroatoms. The second-order valence-corrected chi connectivity index (χ2v) is 11.1. The van der Waals surface area contributed by atoms with E-state index in [1.807, 2.05) is 26.0 Å². The molecule has 1 aromatic rings. The van der Waals surface area contributed by atoms with Gasteiger partial charge in [-0.05, 0) is 52.2 Å². The second kappa shape index (κ2) is 15.3. The summed E-state index contributed by atoms with van der Waals surface area (Å²) in [5.41, 5.74) is 0.911. The second-order valence-electron chi connectivity index (χ2n) is 11.1. The van der Waals surface area contributed by atoms with E-state index in [0.717, 1.165) is 11.1 Å². The van der Waals surface area contributed by atoms with E-state index in [1.165, 1.54) is 19.1 Å². The Bertz CT molecular complexity index is 1070. The van der Waals surface area contributed by atoms with E-state index >= 15 is 0 Å². The third kappa shape index (κ3) is 8.79. The van der Waals surface area contributed by atoms with Crippen LogP contribution in [0, 0.1) is 0 Å². The molecule has 0 saturated carbocycles. The van der Waals surface area contributed by atoms with E-state index in [2.05, 4.69) is 6.58 Å². The van der Waals surface area contributed by atoms with Gasteiger partial charge < -0.3 is 49.2 Å². The third-order valence-corrected chi connectivity index (χ3v) is 7.37. The van der Waals surface area contributed by atoms with Crippen molar-refractivity contribution >= 4 is 12.0 Å². The summed E-state index contributed by atoms with van der Waals surface area (Å²) in [5.74, 6) is -0.808. The number of hydrogen-bond acceptors (Lipinski definition) is 11. The third-order valence-electron chi connectivity index (χ3n) is 7.37. The van der Waals surface area contributed by atoms with E-state index in [-0.39, 0.29) is 0 Å². The summed E-state index contributed by atoms with van der Waals surface area (Å²) in [6.07, 6.45) is -6.67. The molecule has 11 nitrogen and oxygen atoms in total. The number of rotatable bonds is 12. The van der Waals surface area contributed by atoms with Gasteiger partial charge in [-0.25, -0.2) is 4.79 Å². The Hall–Kier alpha value is -2.45. The summed E-state index contributed by atoms with van der Waals surface area (Å²) < 4.78 is 29.2. The van der Waals surface area contributed by atoms with E-state index in [4.69, 9.17) is 23.7 Å². The summed E-state index contributed by atoms with van der Waals surface area (Å²) >= 11 is 0. The van der Waals surface area contributed by atoms with Crippen LogP contribution >= 0.6 is 0 Å². The molecule has 0 bridgehead atoms. The lowest BCUT2D eigenvalue weighted by atomic mass is 9.95. The van der Waals surface area contributed by atoms with Gasteiger partial charge in [0.15, 0.2) is 18.7 Å². The van der Waals surface area contributed by atoms with Gasteiger partial charge in [-0.1, -0.05) is 48.1 Å². The lowest BCUT2D eigenvalue weighted by molar-refractivity contribution is -0.364. The molecule has 2 aliphatic rings. The van der Waals surface area contributed by atoms with Gasteiger partial charge in [0.05, 0.1) is 18.3 Å². The van der Waals surface area contributed by atoms with E-state index < -0.39 is 79.6 Å². The highest BCUT2D eigenvalue weighted by Crippen LogP contribution is 2.34. The Morgan fingerprint density at radius 3 is 2.31 bits per heavy atom. The van der Waals surface area contributed by atoms with Gasteiger partial charge in [-0.15, -0.1) is 6.58 Å². The van der Waals surface area contributed by atoms with Crippen molar-refractivity contribution in [2.24, 2.45) is 0 Å². The van der Waals surface area contributed by atoms with Gasteiger partial charge in [-0.2, -0.15) is 0 Å². The number of allylic oxidation sites excluding steroid dienone is 2. The van der Waals surface area contributed by atoms with Crippen LogP contribution < -0.4 is 0 Å². The number of benzene rings is 1. The predicted octanol–water partition coefficient (Wildman–Crippen LogP) is 1.61. The quantitative estimate of drug-likeness (QED) is 0.136. The van der Waals surface area contributed by atoms with Gasteiger partial charge >= 0.3 is 5.97 Å². The zero-order valence-electron chi connectivity index (χ0n) is 24.5. The Morgan fingerprint density at radius 1 is 1.00 bits per heavy atom. The van der Waals surface area contributed by atoms with Crippen molar-refractivity contribution in [3.8, 4) is 0 Å². The Kier molecular flexibility index (Phi) is 12.4. The summed E-state index contributed by atoms with van der Waals surface area (Å²) in [6.45, 7) is 10.4. The standard InChI is InChI=1S/C31H44O11/c1-6-31(5,16-10-11-18(2)3)42-30-26(37)28(41-29-25(36)24(35)23(34)19(4)38-29)27(21(17-32)39-30)40-22(33)15-14-20-12-8-7-9-13-20/h6-9,11-15,19,21,23-30,32,34-37H,1,10,16-17H2,2-5H3/b15-14+/t19-,21+,23-,24+,25+,26+,27+,28+,29-,30-,31+/m0/s1. The molecule has 0 spiro atoms. The molecule has 0 amide bonds. The minimum absolute atomic E-state index is 0.498. The van der Waals surface area contributed by atoms with E-state index in [0.29, 0.717) is 12.8 Å².